The predicted octanol–water partition coefficient (Wildman–Crippen LogP) is 1.96. The average molecular weight is 431 g/mol. The van der Waals surface area contributed by atoms with Gasteiger partial charge in [-0.2, -0.15) is 23.4 Å². The van der Waals surface area contributed by atoms with Gasteiger partial charge in [0.05, 0.1) is 18.0 Å². The van der Waals surface area contributed by atoms with Gasteiger partial charge >= 0.3 is 12.1 Å². The van der Waals surface area contributed by atoms with Gasteiger partial charge in [-0.15, -0.1) is 0 Å². The summed E-state index contributed by atoms with van der Waals surface area (Å²) in [4.78, 5) is 23.7. The van der Waals surface area contributed by atoms with Crippen LogP contribution < -0.4 is 0 Å². The molecule has 1 aliphatic heterocycles. The van der Waals surface area contributed by atoms with Gasteiger partial charge in [0.1, 0.15) is 5.69 Å². The van der Waals surface area contributed by atoms with Crippen LogP contribution in [0.2, 0.25) is 0 Å². The first-order valence-corrected chi connectivity index (χ1v) is 9.13. The van der Waals surface area contributed by atoms with E-state index in [2.05, 4.69) is 10.2 Å². The van der Waals surface area contributed by atoms with Gasteiger partial charge in [0.2, 0.25) is 0 Å². The monoisotopic (exact) mass is 431 g/mol. The van der Waals surface area contributed by atoms with E-state index in [9.17, 15) is 18.0 Å². The SMILES string of the molecule is CCn1nc(C)cc1C(=O)N1Cc2cn(C)nc2C(COC)C1.O=C(O)C(F)(F)F. The van der Waals surface area contributed by atoms with Crippen molar-refractivity contribution in [3.8, 4) is 0 Å². The first-order chi connectivity index (χ1) is 14.0. The van der Waals surface area contributed by atoms with Gasteiger partial charge in [-0.25, -0.2) is 4.79 Å². The minimum atomic E-state index is -5.08. The molecule has 0 saturated heterocycles. The van der Waals surface area contributed by atoms with Crippen molar-refractivity contribution in [1.29, 1.82) is 0 Å². The third kappa shape index (κ3) is 5.38. The summed E-state index contributed by atoms with van der Waals surface area (Å²) in [5, 5.41) is 16.0. The number of halogens is 3. The van der Waals surface area contributed by atoms with Gasteiger partial charge in [0.25, 0.3) is 5.91 Å². The molecular formula is C18H24F3N5O4. The molecule has 12 heteroatoms. The van der Waals surface area contributed by atoms with Crippen LogP contribution in [0, 0.1) is 6.92 Å². The molecule has 3 rings (SSSR count). The second kappa shape index (κ2) is 9.28. The van der Waals surface area contributed by atoms with Gasteiger partial charge < -0.3 is 14.7 Å². The number of rotatable bonds is 4. The molecule has 0 aliphatic carbocycles. The highest BCUT2D eigenvalue weighted by atomic mass is 19.4. The van der Waals surface area contributed by atoms with Crippen LogP contribution in [0.4, 0.5) is 13.2 Å². The third-order valence-electron chi connectivity index (χ3n) is 4.44. The van der Waals surface area contributed by atoms with Crippen LogP contribution in [0.15, 0.2) is 12.3 Å². The molecule has 0 fully saturated rings. The molecule has 2 aromatic heterocycles. The van der Waals surface area contributed by atoms with Crippen LogP contribution in [-0.2, 0) is 29.7 Å². The molecule has 1 atom stereocenters. The van der Waals surface area contributed by atoms with Gasteiger partial charge in [0, 0.05) is 51.5 Å². The number of methoxy groups -OCH3 is 1. The van der Waals surface area contributed by atoms with Crippen LogP contribution in [0.25, 0.3) is 0 Å². The van der Waals surface area contributed by atoms with E-state index in [0.29, 0.717) is 31.9 Å². The zero-order valence-electron chi connectivity index (χ0n) is 17.1. The minimum Gasteiger partial charge on any atom is -0.475 e. The van der Waals surface area contributed by atoms with E-state index in [0.717, 1.165) is 17.0 Å². The standard InChI is InChI=1S/C16H23N5O2.C2HF3O2/c1-5-21-14(6-11(2)17-21)16(22)20-8-12-7-19(3)18-15(12)13(9-20)10-23-4;3-2(4,5)1(6)7/h6-7,13H,5,8-10H2,1-4H3;(H,6,7). The van der Waals surface area contributed by atoms with E-state index < -0.39 is 12.1 Å². The molecular weight excluding hydrogens is 407 g/mol. The number of aliphatic carboxylic acids is 1. The molecule has 0 radical (unpaired) electrons. The fourth-order valence-electron chi connectivity index (χ4n) is 3.25. The molecule has 1 amide bonds. The highest BCUT2D eigenvalue weighted by Gasteiger charge is 2.38. The van der Waals surface area contributed by atoms with Gasteiger partial charge in [-0.05, 0) is 19.9 Å². The number of carbonyl (C=O) groups excluding carboxylic acids is 1. The molecule has 9 nitrogen and oxygen atoms in total. The zero-order chi connectivity index (χ0) is 22.6. The quantitative estimate of drug-likeness (QED) is 0.794. The van der Waals surface area contributed by atoms with E-state index in [4.69, 9.17) is 14.6 Å². The fraction of sp³-hybridized carbons (Fsp3) is 0.556. The molecule has 0 bridgehead atoms. The second-order valence-corrected chi connectivity index (χ2v) is 6.84. The minimum absolute atomic E-state index is 0.0167. The van der Waals surface area contributed by atoms with E-state index >= 15 is 0 Å². The topological polar surface area (TPSA) is 102 Å². The largest absolute Gasteiger partial charge is 0.490 e. The first-order valence-electron chi connectivity index (χ1n) is 9.13. The van der Waals surface area contributed by atoms with Crippen LogP contribution in [0.1, 0.15) is 40.3 Å². The highest BCUT2D eigenvalue weighted by molar-refractivity contribution is 5.93. The number of hydrogen-bond acceptors (Lipinski definition) is 5. The Morgan fingerprint density at radius 3 is 2.50 bits per heavy atom. The molecule has 1 aliphatic rings. The summed E-state index contributed by atoms with van der Waals surface area (Å²) < 4.78 is 40.6. The fourth-order valence-corrected chi connectivity index (χ4v) is 3.25. The summed E-state index contributed by atoms with van der Waals surface area (Å²) in [6.07, 6.45) is -3.10. The van der Waals surface area contributed by atoms with Gasteiger partial charge in [0.15, 0.2) is 0 Å². The Labute approximate surface area is 171 Å². The van der Waals surface area contributed by atoms with Crippen LogP contribution in [0.3, 0.4) is 0 Å². The summed E-state index contributed by atoms with van der Waals surface area (Å²) in [6, 6.07) is 1.86. The van der Waals surface area contributed by atoms with Crippen LogP contribution in [-0.4, -0.2) is 67.9 Å². The van der Waals surface area contributed by atoms with E-state index in [1.165, 1.54) is 0 Å². The normalized spacial score (nSPS) is 16.0. The van der Waals surface area contributed by atoms with Crippen molar-refractivity contribution in [2.75, 3.05) is 20.3 Å². The number of fused-ring (bicyclic) bond motifs is 1. The van der Waals surface area contributed by atoms with Crippen molar-refractivity contribution in [3.05, 3.63) is 34.9 Å². The maximum atomic E-state index is 13.0. The predicted molar refractivity (Wildman–Crippen MR) is 98.9 cm³/mol. The molecule has 1 unspecified atom stereocenters. The Morgan fingerprint density at radius 2 is 1.97 bits per heavy atom. The number of nitrogens with zero attached hydrogens (tertiary/aromatic N) is 5. The van der Waals surface area contributed by atoms with Crippen LogP contribution >= 0.6 is 0 Å². The van der Waals surface area contributed by atoms with E-state index in [-0.39, 0.29) is 11.8 Å². The highest BCUT2D eigenvalue weighted by Crippen LogP contribution is 2.28. The smallest absolute Gasteiger partial charge is 0.475 e. The van der Waals surface area contributed by atoms with Gasteiger partial charge in [-0.1, -0.05) is 0 Å². The number of aromatic nitrogens is 4. The van der Waals surface area contributed by atoms with Crippen LogP contribution in [0.5, 0.6) is 0 Å². The second-order valence-electron chi connectivity index (χ2n) is 6.84. The number of hydrogen-bond donors (Lipinski definition) is 1. The Morgan fingerprint density at radius 1 is 1.33 bits per heavy atom. The number of carboxylic acids is 1. The average Bonchev–Trinajstić information content (AvgIpc) is 3.22. The van der Waals surface area contributed by atoms with E-state index in [1.54, 1.807) is 11.8 Å². The number of alkyl halides is 3. The van der Waals surface area contributed by atoms with Gasteiger partial charge in [-0.3, -0.25) is 14.2 Å². The third-order valence-corrected chi connectivity index (χ3v) is 4.44. The first kappa shape index (κ1) is 23.4. The molecule has 0 aromatic carbocycles. The molecule has 166 valence electrons. The summed E-state index contributed by atoms with van der Waals surface area (Å²) >= 11 is 0. The molecule has 0 spiro atoms. The maximum Gasteiger partial charge on any atom is 0.490 e. The molecule has 30 heavy (non-hydrogen) atoms. The van der Waals surface area contributed by atoms with Crippen molar-refractivity contribution in [2.24, 2.45) is 7.05 Å². The number of ether oxygens (including phenoxy) is 1. The number of carboxylic acid groups (broad SMARTS) is 1. The lowest BCUT2D eigenvalue weighted by molar-refractivity contribution is -0.192. The van der Waals surface area contributed by atoms with Crippen molar-refractivity contribution in [3.63, 3.8) is 0 Å². The van der Waals surface area contributed by atoms with Crippen molar-refractivity contribution >= 4 is 11.9 Å². The Kier molecular flexibility index (Phi) is 7.24. The lowest BCUT2D eigenvalue weighted by Crippen LogP contribution is -2.40. The molecule has 1 N–H and O–H groups in total. The molecule has 0 saturated carbocycles. The molecule has 3 heterocycles. The Hall–Kier alpha value is -2.89. The number of carbonyl (C=O) groups is 2. The van der Waals surface area contributed by atoms with Crippen molar-refractivity contribution < 1.29 is 32.6 Å². The number of amides is 1. The Balaban J connectivity index is 0.000000396. The lowest BCUT2D eigenvalue weighted by Gasteiger charge is -2.31. The Bertz CT molecular complexity index is 906. The number of aryl methyl sites for hydroxylation is 3. The summed E-state index contributed by atoms with van der Waals surface area (Å²) in [6.45, 7) is 6.33. The zero-order valence-corrected chi connectivity index (χ0v) is 17.1. The summed E-state index contributed by atoms with van der Waals surface area (Å²) in [5.74, 6) is -2.64. The maximum absolute atomic E-state index is 13.0. The molecule has 2 aromatic rings. The lowest BCUT2D eigenvalue weighted by atomic mass is 9.97. The van der Waals surface area contributed by atoms with E-state index in [1.807, 2.05) is 42.7 Å². The summed E-state index contributed by atoms with van der Waals surface area (Å²) in [5.41, 5.74) is 3.64. The summed E-state index contributed by atoms with van der Waals surface area (Å²) in [7, 11) is 3.59. The van der Waals surface area contributed by atoms with Crippen molar-refractivity contribution in [2.45, 2.75) is 39.0 Å². The van der Waals surface area contributed by atoms with Crippen molar-refractivity contribution in [1.82, 2.24) is 24.5 Å².